The summed E-state index contributed by atoms with van der Waals surface area (Å²) in [5, 5.41) is 34.4. The first-order valence-electron chi connectivity index (χ1n) is 10.00. The van der Waals surface area contributed by atoms with E-state index in [0.29, 0.717) is 40.9 Å². The van der Waals surface area contributed by atoms with Gasteiger partial charge in [-0.15, -0.1) is 15.3 Å². The molecule has 9 heteroatoms. The van der Waals surface area contributed by atoms with Gasteiger partial charge in [0.25, 0.3) is 0 Å². The Labute approximate surface area is 168 Å². The van der Waals surface area contributed by atoms with Crippen LogP contribution in [0.4, 0.5) is 5.82 Å². The van der Waals surface area contributed by atoms with Gasteiger partial charge >= 0.3 is 0 Å². The lowest BCUT2D eigenvalue weighted by atomic mass is 9.98. The zero-order valence-electron chi connectivity index (χ0n) is 16.5. The Balaban J connectivity index is 1.35. The van der Waals surface area contributed by atoms with Crippen LogP contribution in [-0.4, -0.2) is 60.7 Å². The molecule has 3 aromatic rings. The molecule has 0 radical (unpaired) electrons. The van der Waals surface area contributed by atoms with Gasteiger partial charge in [0.15, 0.2) is 11.6 Å². The summed E-state index contributed by atoms with van der Waals surface area (Å²) in [5.41, 5.74) is 1.95. The average molecular weight is 392 g/mol. The number of phenolic OH excluding ortho intramolecular Hbond substituents is 1. The Morgan fingerprint density at radius 2 is 1.86 bits per heavy atom. The smallest absolute Gasteiger partial charge is 0.153 e. The van der Waals surface area contributed by atoms with E-state index in [-0.39, 0.29) is 5.75 Å². The molecule has 2 saturated heterocycles. The molecular weight excluding hydrogens is 368 g/mol. The number of nitrogens with zero attached hydrogens (tertiary/aromatic N) is 7. The molecule has 2 N–H and O–H groups in total. The van der Waals surface area contributed by atoms with Crippen LogP contribution in [0.15, 0.2) is 30.3 Å². The van der Waals surface area contributed by atoms with E-state index < -0.39 is 0 Å². The number of tetrazole rings is 1. The quantitative estimate of drug-likeness (QED) is 0.693. The summed E-state index contributed by atoms with van der Waals surface area (Å²) in [6, 6.07) is 10.9. The number of piperidine rings is 1. The summed E-state index contributed by atoms with van der Waals surface area (Å²) in [6.45, 7) is 1.81. The molecule has 0 spiro atoms. The van der Waals surface area contributed by atoms with Crippen molar-refractivity contribution in [1.29, 1.82) is 0 Å². The monoisotopic (exact) mass is 392 g/mol. The van der Waals surface area contributed by atoms with E-state index in [1.165, 1.54) is 12.8 Å². The zero-order chi connectivity index (χ0) is 20.0. The Kier molecular flexibility index (Phi) is 4.39. The van der Waals surface area contributed by atoms with Crippen LogP contribution in [0, 0.1) is 6.92 Å². The maximum atomic E-state index is 10.5. The van der Waals surface area contributed by atoms with Gasteiger partial charge in [0.2, 0.25) is 0 Å². The molecule has 9 nitrogen and oxygen atoms in total. The van der Waals surface area contributed by atoms with Gasteiger partial charge in [0.1, 0.15) is 5.75 Å². The van der Waals surface area contributed by atoms with Crippen molar-refractivity contribution in [3.8, 4) is 22.7 Å². The van der Waals surface area contributed by atoms with Crippen LogP contribution in [0.3, 0.4) is 0 Å². The average Bonchev–Trinajstić information content (AvgIpc) is 3.32. The van der Waals surface area contributed by atoms with Crippen LogP contribution in [-0.2, 0) is 0 Å². The number of hydrogen-bond acceptors (Lipinski definition) is 8. The predicted octanol–water partition coefficient (Wildman–Crippen LogP) is 1.85. The molecule has 0 aliphatic carbocycles. The van der Waals surface area contributed by atoms with Gasteiger partial charge in [-0.3, -0.25) is 0 Å². The van der Waals surface area contributed by atoms with E-state index in [0.717, 1.165) is 18.7 Å². The number of benzene rings is 1. The summed E-state index contributed by atoms with van der Waals surface area (Å²) >= 11 is 0. The normalized spacial score (nSPS) is 23.3. The zero-order valence-corrected chi connectivity index (χ0v) is 16.5. The number of nitrogens with one attached hydrogen (secondary N) is 1. The van der Waals surface area contributed by atoms with Crippen molar-refractivity contribution in [3.63, 3.8) is 0 Å². The molecule has 4 heterocycles. The molecule has 2 aromatic heterocycles. The van der Waals surface area contributed by atoms with Crippen molar-refractivity contribution < 1.29 is 5.11 Å². The van der Waals surface area contributed by atoms with E-state index in [2.05, 4.69) is 43.0 Å². The first-order valence-corrected chi connectivity index (χ1v) is 10.00. The Morgan fingerprint density at radius 3 is 2.48 bits per heavy atom. The molecule has 2 aliphatic rings. The third kappa shape index (κ3) is 3.31. The van der Waals surface area contributed by atoms with Gasteiger partial charge in [0, 0.05) is 36.8 Å². The number of aromatic hydroxyl groups is 1. The Hall–Kier alpha value is -3.07. The standard InChI is InChI=1S/C20H24N8O/c1-12-22-25-26-28(12)15-5-6-17(19(29)11-15)18-7-8-20(24-23-18)27(2)16-9-13-3-4-14(10-16)21-13/h5-8,11,13-14,16,21,29H,3-4,9-10H2,1-2H3/t13-,14+,16+. The Morgan fingerprint density at radius 1 is 1.07 bits per heavy atom. The highest BCUT2D eigenvalue weighted by atomic mass is 16.3. The van der Waals surface area contributed by atoms with Gasteiger partial charge in [-0.05, 0) is 67.3 Å². The van der Waals surface area contributed by atoms with Gasteiger partial charge < -0.3 is 15.3 Å². The number of anilines is 1. The summed E-state index contributed by atoms with van der Waals surface area (Å²) < 4.78 is 1.57. The number of fused-ring (bicyclic) bond motifs is 2. The lowest BCUT2D eigenvalue weighted by Gasteiger charge is -2.36. The number of aryl methyl sites for hydroxylation is 1. The minimum absolute atomic E-state index is 0.114. The summed E-state index contributed by atoms with van der Waals surface area (Å²) in [6.07, 6.45) is 4.85. The SMILES string of the molecule is Cc1nnnn1-c1ccc(-c2ccc(N(C)[C@H]3C[C@H]4CC[C@@H](C3)N4)nn2)c(O)c1. The number of aromatic nitrogens is 6. The maximum Gasteiger partial charge on any atom is 0.153 e. The van der Waals surface area contributed by atoms with Crippen molar-refractivity contribution in [3.05, 3.63) is 36.2 Å². The van der Waals surface area contributed by atoms with E-state index in [4.69, 9.17) is 0 Å². The molecule has 5 rings (SSSR count). The summed E-state index contributed by atoms with van der Waals surface area (Å²) in [7, 11) is 2.10. The minimum Gasteiger partial charge on any atom is -0.507 e. The van der Waals surface area contributed by atoms with Crippen molar-refractivity contribution in [2.45, 2.75) is 50.7 Å². The second-order valence-electron chi connectivity index (χ2n) is 7.99. The molecular formula is C20H24N8O. The third-order valence-corrected chi connectivity index (χ3v) is 6.13. The fraction of sp³-hybridized carbons (Fsp3) is 0.450. The molecule has 0 amide bonds. The molecule has 0 unspecified atom stereocenters. The molecule has 2 aliphatic heterocycles. The largest absolute Gasteiger partial charge is 0.507 e. The molecule has 2 fully saturated rings. The highest BCUT2D eigenvalue weighted by molar-refractivity contribution is 5.69. The molecule has 3 atom stereocenters. The van der Waals surface area contributed by atoms with Crippen molar-refractivity contribution in [1.82, 2.24) is 35.7 Å². The second-order valence-corrected chi connectivity index (χ2v) is 7.99. The van der Waals surface area contributed by atoms with Gasteiger partial charge in [-0.25, -0.2) is 0 Å². The van der Waals surface area contributed by atoms with E-state index in [9.17, 15) is 5.11 Å². The topological polar surface area (TPSA) is 105 Å². The second kappa shape index (κ2) is 7.07. The van der Waals surface area contributed by atoms with Gasteiger partial charge in [0.05, 0.1) is 11.4 Å². The molecule has 29 heavy (non-hydrogen) atoms. The summed E-state index contributed by atoms with van der Waals surface area (Å²) in [4.78, 5) is 2.24. The van der Waals surface area contributed by atoms with Crippen LogP contribution in [0.25, 0.3) is 16.9 Å². The first-order chi connectivity index (χ1) is 14.1. The number of hydrogen-bond donors (Lipinski definition) is 2. The van der Waals surface area contributed by atoms with Crippen LogP contribution < -0.4 is 10.2 Å². The summed E-state index contributed by atoms with van der Waals surface area (Å²) in [5.74, 6) is 1.62. The molecule has 0 saturated carbocycles. The molecule has 1 aromatic carbocycles. The lowest BCUT2D eigenvalue weighted by Crippen LogP contribution is -2.47. The highest BCUT2D eigenvalue weighted by Crippen LogP contribution is 2.32. The Bertz CT molecular complexity index is 1010. The third-order valence-electron chi connectivity index (χ3n) is 6.13. The molecule has 2 bridgehead atoms. The van der Waals surface area contributed by atoms with Crippen molar-refractivity contribution in [2.24, 2.45) is 0 Å². The van der Waals surface area contributed by atoms with Crippen LogP contribution >= 0.6 is 0 Å². The van der Waals surface area contributed by atoms with Crippen LogP contribution in [0.2, 0.25) is 0 Å². The predicted molar refractivity (Wildman–Crippen MR) is 108 cm³/mol. The first kappa shape index (κ1) is 18.0. The van der Waals surface area contributed by atoms with Crippen LogP contribution in [0.1, 0.15) is 31.5 Å². The van der Waals surface area contributed by atoms with Crippen LogP contribution in [0.5, 0.6) is 5.75 Å². The fourth-order valence-electron chi connectivity index (χ4n) is 4.53. The molecule has 150 valence electrons. The van der Waals surface area contributed by atoms with E-state index in [1.54, 1.807) is 17.7 Å². The van der Waals surface area contributed by atoms with E-state index >= 15 is 0 Å². The minimum atomic E-state index is 0.114. The van der Waals surface area contributed by atoms with Crippen molar-refractivity contribution >= 4 is 5.82 Å². The van der Waals surface area contributed by atoms with Gasteiger partial charge in [-0.1, -0.05) is 0 Å². The lowest BCUT2D eigenvalue weighted by molar-refractivity contribution is 0.353. The van der Waals surface area contributed by atoms with Crippen molar-refractivity contribution in [2.75, 3.05) is 11.9 Å². The van der Waals surface area contributed by atoms with E-state index in [1.807, 2.05) is 24.3 Å². The maximum absolute atomic E-state index is 10.5. The number of rotatable bonds is 4. The van der Waals surface area contributed by atoms with Gasteiger partial charge in [-0.2, -0.15) is 4.68 Å². The highest BCUT2D eigenvalue weighted by Gasteiger charge is 2.35. The fourth-order valence-corrected chi connectivity index (χ4v) is 4.53. The number of phenols is 1.